The van der Waals surface area contributed by atoms with Crippen LogP contribution in [0.3, 0.4) is 0 Å². The summed E-state index contributed by atoms with van der Waals surface area (Å²) in [6.45, 7) is 6.77. The zero-order chi connectivity index (χ0) is 13.4. The Morgan fingerprint density at radius 3 is 2.61 bits per heavy atom. The van der Waals surface area contributed by atoms with Crippen molar-refractivity contribution in [1.82, 2.24) is 0 Å². The molecular formula is C15H25NO2. The molecule has 2 rings (SSSR count). The fourth-order valence-corrected chi connectivity index (χ4v) is 3.93. The van der Waals surface area contributed by atoms with Gasteiger partial charge in [0.25, 0.3) is 0 Å². The number of aliphatic hydroxyl groups is 1. The van der Waals surface area contributed by atoms with E-state index in [0.29, 0.717) is 25.4 Å². The van der Waals surface area contributed by atoms with E-state index in [-0.39, 0.29) is 5.60 Å². The molecule has 1 heterocycles. The Morgan fingerprint density at radius 2 is 2.06 bits per heavy atom. The summed E-state index contributed by atoms with van der Waals surface area (Å²) in [5.41, 5.74) is -1.76. The fourth-order valence-electron chi connectivity index (χ4n) is 3.93. The Hall–Kier alpha value is -0.590. The van der Waals surface area contributed by atoms with Crippen molar-refractivity contribution in [2.24, 2.45) is 11.3 Å². The Labute approximate surface area is 110 Å². The average molecular weight is 251 g/mol. The van der Waals surface area contributed by atoms with E-state index in [0.717, 1.165) is 19.3 Å². The lowest BCUT2D eigenvalue weighted by atomic mass is 9.58. The van der Waals surface area contributed by atoms with Gasteiger partial charge in [-0.2, -0.15) is 5.26 Å². The zero-order valence-electron chi connectivity index (χ0n) is 11.8. The molecule has 3 atom stereocenters. The number of rotatable bonds is 1. The van der Waals surface area contributed by atoms with Gasteiger partial charge < -0.3 is 9.84 Å². The van der Waals surface area contributed by atoms with Crippen molar-refractivity contribution < 1.29 is 9.84 Å². The van der Waals surface area contributed by atoms with Crippen molar-refractivity contribution >= 4 is 0 Å². The van der Waals surface area contributed by atoms with Gasteiger partial charge in [0, 0.05) is 12.8 Å². The molecule has 2 fully saturated rings. The minimum Gasteiger partial charge on any atom is -0.388 e. The first-order valence-electron chi connectivity index (χ1n) is 7.10. The molecule has 1 saturated carbocycles. The molecule has 3 nitrogen and oxygen atoms in total. The largest absolute Gasteiger partial charge is 0.388 e. The van der Waals surface area contributed by atoms with Crippen LogP contribution in [-0.2, 0) is 4.74 Å². The quantitative estimate of drug-likeness (QED) is 0.779. The third kappa shape index (κ3) is 2.29. The van der Waals surface area contributed by atoms with E-state index in [1.807, 2.05) is 13.8 Å². The first-order chi connectivity index (χ1) is 8.33. The van der Waals surface area contributed by atoms with Gasteiger partial charge in [-0.25, -0.2) is 0 Å². The topological polar surface area (TPSA) is 53.2 Å². The van der Waals surface area contributed by atoms with Gasteiger partial charge in [-0.15, -0.1) is 0 Å². The molecule has 1 saturated heterocycles. The van der Waals surface area contributed by atoms with Crippen molar-refractivity contribution in [3.63, 3.8) is 0 Å². The van der Waals surface area contributed by atoms with Crippen molar-refractivity contribution in [1.29, 1.82) is 5.26 Å². The molecule has 1 aliphatic carbocycles. The molecule has 0 radical (unpaired) electrons. The van der Waals surface area contributed by atoms with Crippen LogP contribution in [0.4, 0.5) is 0 Å². The van der Waals surface area contributed by atoms with Gasteiger partial charge in [0.15, 0.2) is 0 Å². The minimum absolute atomic E-state index is 0.322. The van der Waals surface area contributed by atoms with Crippen molar-refractivity contribution in [2.75, 3.05) is 6.61 Å². The number of ether oxygens (including phenoxy) is 1. The molecule has 0 amide bonds. The molecule has 0 aromatic rings. The second-order valence-electron chi connectivity index (χ2n) is 6.96. The van der Waals surface area contributed by atoms with Crippen molar-refractivity contribution in [3.05, 3.63) is 0 Å². The van der Waals surface area contributed by atoms with Crippen molar-refractivity contribution in [3.8, 4) is 6.07 Å². The van der Waals surface area contributed by atoms with Gasteiger partial charge >= 0.3 is 0 Å². The number of nitriles is 1. The molecule has 18 heavy (non-hydrogen) atoms. The Balaban J connectivity index is 2.28. The van der Waals surface area contributed by atoms with E-state index in [4.69, 9.17) is 4.74 Å². The highest BCUT2D eigenvalue weighted by Gasteiger charge is 2.55. The summed E-state index contributed by atoms with van der Waals surface area (Å²) in [5.74, 6) is 0.536. The minimum atomic E-state index is -0.877. The van der Waals surface area contributed by atoms with Gasteiger partial charge in [-0.1, -0.05) is 19.8 Å². The molecule has 0 bridgehead atoms. The van der Waals surface area contributed by atoms with Gasteiger partial charge in [0.05, 0.1) is 29.3 Å². The fraction of sp³-hybridized carbons (Fsp3) is 0.933. The average Bonchev–Trinajstić information content (AvgIpc) is 2.27. The second-order valence-corrected chi connectivity index (χ2v) is 6.96. The summed E-state index contributed by atoms with van der Waals surface area (Å²) in [5, 5.41) is 20.8. The SMILES string of the molecule is CC1CCCC(C#N)(C2(O)CCOC(C)(C)C2)C1. The normalized spacial score (nSPS) is 44.3. The summed E-state index contributed by atoms with van der Waals surface area (Å²) < 4.78 is 5.70. The third-order valence-electron chi connectivity index (χ3n) is 4.83. The van der Waals surface area contributed by atoms with Crippen LogP contribution in [0.2, 0.25) is 0 Å². The lowest BCUT2D eigenvalue weighted by Crippen LogP contribution is -2.57. The highest BCUT2D eigenvalue weighted by molar-refractivity contribution is 5.15. The number of hydrogen-bond donors (Lipinski definition) is 1. The molecular weight excluding hydrogens is 226 g/mol. The van der Waals surface area contributed by atoms with E-state index in [1.54, 1.807) is 0 Å². The summed E-state index contributed by atoms with van der Waals surface area (Å²) in [6, 6.07) is 2.49. The van der Waals surface area contributed by atoms with Crippen LogP contribution >= 0.6 is 0 Å². The molecule has 3 heteroatoms. The number of hydrogen-bond acceptors (Lipinski definition) is 3. The van der Waals surface area contributed by atoms with E-state index >= 15 is 0 Å². The summed E-state index contributed by atoms with van der Waals surface area (Å²) in [7, 11) is 0. The maximum absolute atomic E-state index is 11.1. The Kier molecular flexibility index (Phi) is 3.46. The van der Waals surface area contributed by atoms with Crippen LogP contribution in [-0.4, -0.2) is 22.9 Å². The van der Waals surface area contributed by atoms with Crippen LogP contribution in [0.5, 0.6) is 0 Å². The van der Waals surface area contributed by atoms with E-state index < -0.39 is 11.0 Å². The molecule has 0 aromatic carbocycles. The summed E-state index contributed by atoms with van der Waals surface area (Å²) in [4.78, 5) is 0. The summed E-state index contributed by atoms with van der Waals surface area (Å²) >= 11 is 0. The Bertz CT molecular complexity index is 360. The molecule has 3 unspecified atom stereocenters. The first-order valence-corrected chi connectivity index (χ1v) is 7.10. The standard InChI is InChI=1S/C15H25NO2/c1-12-5-4-6-14(9-12,11-16)15(17)7-8-18-13(2,3)10-15/h12,17H,4-10H2,1-3H3. The molecule has 0 aromatic heterocycles. The van der Waals surface area contributed by atoms with Gasteiger partial charge in [-0.05, 0) is 32.6 Å². The van der Waals surface area contributed by atoms with E-state index in [9.17, 15) is 10.4 Å². The van der Waals surface area contributed by atoms with Crippen LogP contribution in [0, 0.1) is 22.7 Å². The molecule has 2 aliphatic rings. The monoisotopic (exact) mass is 251 g/mol. The van der Waals surface area contributed by atoms with Gasteiger partial charge in [0.2, 0.25) is 0 Å². The van der Waals surface area contributed by atoms with Crippen LogP contribution < -0.4 is 0 Å². The maximum atomic E-state index is 11.1. The number of nitrogens with zero attached hydrogens (tertiary/aromatic N) is 1. The van der Waals surface area contributed by atoms with Crippen molar-refractivity contribution in [2.45, 2.75) is 70.5 Å². The van der Waals surface area contributed by atoms with Crippen LogP contribution in [0.25, 0.3) is 0 Å². The lowest BCUT2D eigenvalue weighted by molar-refractivity contribution is -0.190. The smallest absolute Gasteiger partial charge is 0.0882 e. The van der Waals surface area contributed by atoms with E-state index in [1.165, 1.54) is 6.42 Å². The molecule has 0 spiro atoms. The third-order valence-corrected chi connectivity index (χ3v) is 4.83. The predicted molar refractivity (Wildman–Crippen MR) is 69.9 cm³/mol. The lowest BCUT2D eigenvalue weighted by Gasteiger charge is -2.52. The van der Waals surface area contributed by atoms with E-state index in [2.05, 4.69) is 13.0 Å². The Morgan fingerprint density at radius 1 is 1.33 bits per heavy atom. The van der Waals surface area contributed by atoms with Crippen LogP contribution in [0.15, 0.2) is 0 Å². The maximum Gasteiger partial charge on any atom is 0.0882 e. The second kappa shape index (κ2) is 4.51. The summed E-state index contributed by atoms with van der Waals surface area (Å²) in [6.07, 6.45) is 5.06. The zero-order valence-corrected chi connectivity index (χ0v) is 11.8. The van der Waals surface area contributed by atoms with Gasteiger partial charge in [0.1, 0.15) is 0 Å². The first kappa shape index (κ1) is 13.8. The predicted octanol–water partition coefficient (Wildman–Crippen LogP) is 3.03. The highest BCUT2D eigenvalue weighted by atomic mass is 16.5. The van der Waals surface area contributed by atoms with Gasteiger partial charge in [-0.3, -0.25) is 0 Å². The highest BCUT2D eigenvalue weighted by Crippen LogP contribution is 2.52. The molecule has 102 valence electrons. The van der Waals surface area contributed by atoms with Crippen LogP contribution in [0.1, 0.15) is 59.3 Å². The molecule has 1 aliphatic heterocycles. The molecule has 1 N–H and O–H groups in total.